The van der Waals surface area contributed by atoms with E-state index in [0.29, 0.717) is 0 Å². The van der Waals surface area contributed by atoms with Gasteiger partial charge in [0.15, 0.2) is 0 Å². The van der Waals surface area contributed by atoms with Gasteiger partial charge in [0, 0.05) is 35.6 Å². The van der Waals surface area contributed by atoms with Gasteiger partial charge in [0.05, 0.1) is 4.90 Å². The van der Waals surface area contributed by atoms with Crippen LogP contribution in [0.4, 0.5) is 11.5 Å². The van der Waals surface area contributed by atoms with Gasteiger partial charge in [-0.2, -0.15) is 0 Å². The van der Waals surface area contributed by atoms with Crippen molar-refractivity contribution in [1.82, 2.24) is 9.97 Å². The van der Waals surface area contributed by atoms with Gasteiger partial charge >= 0.3 is 0 Å². The minimum absolute atomic E-state index is 0.0282. The van der Waals surface area contributed by atoms with E-state index in [4.69, 9.17) is 0 Å². The molecule has 2 aromatic carbocycles. The number of rotatable bonds is 6. The first-order chi connectivity index (χ1) is 15.9. The zero-order chi connectivity index (χ0) is 23.0. The molecule has 33 heavy (non-hydrogen) atoms. The quantitative estimate of drug-likeness (QED) is 0.444. The molecule has 8 heteroatoms. The number of pyridine rings is 2. The number of carbonyl (C=O) groups excluding carboxylic acids is 1. The Hall–Kier alpha value is -3.78. The van der Waals surface area contributed by atoms with Gasteiger partial charge in [0.25, 0.3) is 10.0 Å². The van der Waals surface area contributed by atoms with Crippen molar-refractivity contribution in [2.24, 2.45) is 5.92 Å². The van der Waals surface area contributed by atoms with Crippen molar-refractivity contribution < 1.29 is 13.2 Å². The molecule has 1 aliphatic rings. The molecule has 0 aliphatic heterocycles. The lowest BCUT2D eigenvalue weighted by molar-refractivity contribution is -0.117. The van der Waals surface area contributed by atoms with E-state index in [2.05, 4.69) is 20.0 Å². The Morgan fingerprint density at radius 2 is 1.85 bits per heavy atom. The summed E-state index contributed by atoms with van der Waals surface area (Å²) in [5.41, 5.74) is 2.77. The third-order valence-electron chi connectivity index (χ3n) is 5.88. The highest BCUT2D eigenvalue weighted by Gasteiger charge is 2.44. The predicted octanol–water partition coefficient (Wildman–Crippen LogP) is 4.48. The largest absolute Gasteiger partial charge is 0.326 e. The van der Waals surface area contributed by atoms with Gasteiger partial charge in [0.2, 0.25) is 5.91 Å². The summed E-state index contributed by atoms with van der Waals surface area (Å²) in [4.78, 5) is 21.1. The van der Waals surface area contributed by atoms with Crippen LogP contribution in [-0.4, -0.2) is 24.3 Å². The van der Waals surface area contributed by atoms with Crippen molar-refractivity contribution in [3.8, 4) is 0 Å². The van der Waals surface area contributed by atoms with Crippen molar-refractivity contribution in [1.29, 1.82) is 0 Å². The molecule has 5 rings (SSSR count). The number of carbonyl (C=O) groups is 1. The number of benzene rings is 2. The van der Waals surface area contributed by atoms with E-state index in [-0.39, 0.29) is 28.5 Å². The third kappa shape index (κ3) is 4.42. The minimum Gasteiger partial charge on any atom is -0.326 e. The van der Waals surface area contributed by atoms with Gasteiger partial charge in [-0.3, -0.25) is 14.5 Å². The zero-order valence-corrected chi connectivity index (χ0v) is 18.7. The van der Waals surface area contributed by atoms with Gasteiger partial charge in [0.1, 0.15) is 5.82 Å². The van der Waals surface area contributed by atoms with Crippen LogP contribution >= 0.6 is 0 Å². The topological polar surface area (TPSA) is 101 Å². The van der Waals surface area contributed by atoms with Crippen LogP contribution in [0.1, 0.15) is 23.5 Å². The van der Waals surface area contributed by atoms with Crippen molar-refractivity contribution in [2.75, 3.05) is 10.0 Å². The number of amides is 1. The molecule has 0 radical (unpaired) electrons. The lowest BCUT2D eigenvalue weighted by atomic mass is 10.1. The number of aromatic nitrogens is 2. The van der Waals surface area contributed by atoms with Gasteiger partial charge in [-0.1, -0.05) is 24.3 Å². The maximum Gasteiger partial charge on any atom is 0.263 e. The summed E-state index contributed by atoms with van der Waals surface area (Å²) in [6, 6.07) is 17.5. The molecule has 0 unspecified atom stereocenters. The van der Waals surface area contributed by atoms with Crippen LogP contribution in [-0.2, 0) is 14.8 Å². The van der Waals surface area contributed by atoms with Gasteiger partial charge in [-0.15, -0.1) is 0 Å². The normalized spacial score (nSPS) is 17.5. The Bertz CT molecular complexity index is 1440. The summed E-state index contributed by atoms with van der Waals surface area (Å²) < 4.78 is 27.6. The molecule has 2 heterocycles. The highest BCUT2D eigenvalue weighted by atomic mass is 32.2. The monoisotopic (exact) mass is 458 g/mol. The Morgan fingerprint density at radius 3 is 2.61 bits per heavy atom. The van der Waals surface area contributed by atoms with Crippen LogP contribution in [0.3, 0.4) is 0 Å². The summed E-state index contributed by atoms with van der Waals surface area (Å²) in [5, 5.41) is 5.11. The smallest absolute Gasteiger partial charge is 0.263 e. The molecular weight excluding hydrogens is 436 g/mol. The standard InChI is InChI=1S/C25H22N4O3S/c1-16-14-26-15-18-5-8-19(12-21(16)18)28-25(30)23-13-22(23)17-6-9-20(10-7-17)33(31,32)29-24-4-2-3-11-27-24/h2-12,14-15,22-23H,13H2,1H3,(H,27,29)(H,28,30)/t22-,23+/m0/s1. The Balaban J connectivity index is 1.25. The fourth-order valence-electron chi connectivity index (χ4n) is 3.99. The molecule has 1 aliphatic carbocycles. The number of hydrogen-bond acceptors (Lipinski definition) is 5. The molecule has 2 N–H and O–H groups in total. The van der Waals surface area contributed by atoms with Crippen LogP contribution in [0.5, 0.6) is 0 Å². The first kappa shape index (κ1) is 21.1. The van der Waals surface area contributed by atoms with E-state index in [9.17, 15) is 13.2 Å². The fourth-order valence-corrected chi connectivity index (χ4v) is 5.00. The number of aryl methyl sites for hydroxylation is 1. The minimum atomic E-state index is -3.72. The average Bonchev–Trinajstić information content (AvgIpc) is 3.61. The summed E-state index contributed by atoms with van der Waals surface area (Å²) in [6.45, 7) is 1.99. The van der Waals surface area contributed by atoms with Crippen LogP contribution in [0.2, 0.25) is 0 Å². The van der Waals surface area contributed by atoms with Crippen LogP contribution < -0.4 is 10.0 Å². The predicted molar refractivity (Wildman–Crippen MR) is 127 cm³/mol. The SMILES string of the molecule is Cc1cncc2ccc(NC(=O)[C@@H]3C[C@H]3c3ccc(S(=O)(=O)Nc4ccccn4)cc3)cc12. The van der Waals surface area contributed by atoms with Crippen molar-refractivity contribution in [3.63, 3.8) is 0 Å². The molecule has 1 amide bonds. The fraction of sp³-hybridized carbons (Fsp3) is 0.160. The molecule has 2 aromatic heterocycles. The molecule has 0 spiro atoms. The van der Waals surface area contributed by atoms with Gasteiger partial charge in [-0.25, -0.2) is 13.4 Å². The van der Waals surface area contributed by atoms with Crippen molar-refractivity contribution in [3.05, 3.63) is 90.4 Å². The van der Waals surface area contributed by atoms with E-state index in [1.54, 1.807) is 54.9 Å². The number of sulfonamides is 1. The number of nitrogens with one attached hydrogen (secondary N) is 2. The second-order valence-electron chi connectivity index (χ2n) is 8.22. The third-order valence-corrected chi connectivity index (χ3v) is 7.25. The van der Waals surface area contributed by atoms with E-state index in [1.165, 1.54) is 6.20 Å². The van der Waals surface area contributed by atoms with E-state index < -0.39 is 10.0 Å². The van der Waals surface area contributed by atoms with Crippen LogP contribution in [0.25, 0.3) is 10.8 Å². The molecule has 1 saturated carbocycles. The second-order valence-corrected chi connectivity index (χ2v) is 9.90. The lowest BCUT2D eigenvalue weighted by Gasteiger charge is -2.09. The summed E-state index contributed by atoms with van der Waals surface area (Å²) >= 11 is 0. The second kappa shape index (κ2) is 8.29. The zero-order valence-electron chi connectivity index (χ0n) is 17.9. The number of fused-ring (bicyclic) bond motifs is 1. The van der Waals surface area contributed by atoms with Gasteiger partial charge in [-0.05, 0) is 72.2 Å². The number of anilines is 2. The maximum absolute atomic E-state index is 12.8. The van der Waals surface area contributed by atoms with Crippen molar-refractivity contribution >= 4 is 38.2 Å². The molecule has 1 fully saturated rings. The maximum atomic E-state index is 12.8. The summed E-state index contributed by atoms with van der Waals surface area (Å²) in [5.74, 6) is 0.186. The molecule has 166 valence electrons. The molecule has 4 aromatic rings. The summed E-state index contributed by atoms with van der Waals surface area (Å²) in [6.07, 6.45) is 5.87. The Labute approximate surface area is 192 Å². The van der Waals surface area contributed by atoms with E-state index >= 15 is 0 Å². The molecule has 7 nitrogen and oxygen atoms in total. The lowest BCUT2D eigenvalue weighted by Crippen LogP contribution is -2.15. The molecule has 2 atom stereocenters. The summed E-state index contributed by atoms with van der Waals surface area (Å²) in [7, 11) is -3.72. The molecule has 0 saturated heterocycles. The van der Waals surface area contributed by atoms with E-state index in [1.807, 2.05) is 25.1 Å². The number of hydrogen-bond donors (Lipinski definition) is 2. The first-order valence-electron chi connectivity index (χ1n) is 10.6. The van der Waals surface area contributed by atoms with Gasteiger partial charge < -0.3 is 5.32 Å². The molecular formula is C25H22N4O3S. The Kier molecular flexibility index (Phi) is 5.30. The van der Waals surface area contributed by atoms with Crippen LogP contribution in [0, 0.1) is 12.8 Å². The Morgan fingerprint density at radius 1 is 1.03 bits per heavy atom. The number of nitrogens with zero attached hydrogens (tertiary/aromatic N) is 2. The van der Waals surface area contributed by atoms with Crippen LogP contribution in [0.15, 0.2) is 84.1 Å². The molecule has 0 bridgehead atoms. The first-order valence-corrected chi connectivity index (χ1v) is 12.1. The highest BCUT2D eigenvalue weighted by Crippen LogP contribution is 2.48. The highest BCUT2D eigenvalue weighted by molar-refractivity contribution is 7.92. The van der Waals surface area contributed by atoms with Crippen molar-refractivity contribution in [2.45, 2.75) is 24.2 Å². The average molecular weight is 459 g/mol. The van der Waals surface area contributed by atoms with E-state index in [0.717, 1.165) is 34.0 Å².